The number of aromatic nitrogens is 5. The van der Waals surface area contributed by atoms with Gasteiger partial charge in [0.25, 0.3) is 0 Å². The fraction of sp³-hybridized carbons (Fsp3) is 0.269. The molecule has 2 fully saturated rings. The molecule has 8 nitrogen and oxygen atoms in total. The van der Waals surface area contributed by atoms with Gasteiger partial charge in [0, 0.05) is 72.6 Å². The molecule has 2 saturated heterocycles. The number of hydrogen-bond donors (Lipinski definition) is 2. The van der Waals surface area contributed by atoms with Crippen molar-refractivity contribution in [1.82, 2.24) is 24.6 Å². The van der Waals surface area contributed by atoms with Gasteiger partial charge in [-0.3, -0.25) is 5.10 Å². The summed E-state index contributed by atoms with van der Waals surface area (Å²) in [4.78, 5) is 11.9. The first kappa shape index (κ1) is 19.5. The van der Waals surface area contributed by atoms with Crippen LogP contribution in [0, 0.1) is 5.41 Å². The lowest BCUT2D eigenvalue weighted by atomic mass is 9.73. The topological polar surface area (TPSA) is 83.4 Å². The first-order valence-corrected chi connectivity index (χ1v) is 11.7. The molecular weight excluding hydrogens is 426 g/mol. The zero-order valence-electron chi connectivity index (χ0n) is 18.7. The first-order valence-electron chi connectivity index (χ1n) is 11.7. The molecular formula is C26H25N7O. The summed E-state index contributed by atoms with van der Waals surface area (Å²) in [5.41, 5.74) is 6.38. The van der Waals surface area contributed by atoms with Crippen molar-refractivity contribution in [3.63, 3.8) is 0 Å². The molecule has 0 amide bonds. The van der Waals surface area contributed by atoms with Crippen LogP contribution in [0.4, 0.5) is 17.2 Å². The molecule has 0 unspecified atom stereocenters. The first-order chi connectivity index (χ1) is 16.7. The minimum Gasteiger partial charge on any atom is -0.381 e. The number of rotatable bonds is 4. The number of anilines is 3. The molecule has 2 N–H and O–H groups in total. The van der Waals surface area contributed by atoms with E-state index in [-0.39, 0.29) is 0 Å². The second-order valence-corrected chi connectivity index (χ2v) is 9.45. The molecule has 5 aromatic rings. The van der Waals surface area contributed by atoms with Crippen LogP contribution in [0.15, 0.2) is 67.3 Å². The van der Waals surface area contributed by atoms with E-state index in [1.54, 1.807) is 6.20 Å². The van der Waals surface area contributed by atoms with Crippen molar-refractivity contribution in [1.29, 1.82) is 0 Å². The van der Waals surface area contributed by atoms with Crippen molar-refractivity contribution in [2.24, 2.45) is 5.41 Å². The highest BCUT2D eigenvalue weighted by molar-refractivity contribution is 5.84. The van der Waals surface area contributed by atoms with Gasteiger partial charge < -0.3 is 19.4 Å². The fourth-order valence-electron chi connectivity index (χ4n) is 5.21. The number of ether oxygens (including phenoxy) is 1. The zero-order valence-corrected chi connectivity index (χ0v) is 18.7. The molecule has 7 rings (SSSR count). The number of imidazole rings is 1. The van der Waals surface area contributed by atoms with Crippen molar-refractivity contribution in [3.05, 3.63) is 67.3 Å². The summed E-state index contributed by atoms with van der Waals surface area (Å²) in [5, 5.41) is 11.7. The van der Waals surface area contributed by atoms with E-state index in [1.165, 1.54) is 18.5 Å². The standard InChI is InChI=1S/C26H25N7O/c1-2-19-14-28-31-22(19)13-18(1)23-15-32-10-9-27-25(32)24(30-23)29-20-3-5-21(6-4-20)33-16-26(17-33)7-11-34-12-8-26/h1-6,9-10,13-15H,7-8,11-12,16-17H2,(H,28,31)(H,29,30). The molecule has 8 heteroatoms. The van der Waals surface area contributed by atoms with Crippen LogP contribution < -0.4 is 10.2 Å². The van der Waals surface area contributed by atoms with Gasteiger partial charge in [0.2, 0.25) is 0 Å². The zero-order chi connectivity index (χ0) is 22.5. The van der Waals surface area contributed by atoms with Gasteiger partial charge in [-0.25, -0.2) is 9.97 Å². The molecule has 2 aliphatic rings. The Morgan fingerprint density at radius 3 is 2.74 bits per heavy atom. The van der Waals surface area contributed by atoms with Crippen LogP contribution in [-0.4, -0.2) is 50.9 Å². The van der Waals surface area contributed by atoms with E-state index in [9.17, 15) is 0 Å². The van der Waals surface area contributed by atoms with Gasteiger partial charge >= 0.3 is 0 Å². The smallest absolute Gasteiger partial charge is 0.180 e. The fourth-order valence-corrected chi connectivity index (χ4v) is 5.21. The lowest BCUT2D eigenvalue weighted by molar-refractivity contribution is -0.000189. The Morgan fingerprint density at radius 2 is 1.88 bits per heavy atom. The second-order valence-electron chi connectivity index (χ2n) is 9.45. The largest absolute Gasteiger partial charge is 0.381 e. The van der Waals surface area contributed by atoms with E-state index < -0.39 is 0 Å². The number of nitrogens with one attached hydrogen (secondary N) is 2. The average Bonchev–Trinajstić information content (AvgIpc) is 3.52. The molecule has 34 heavy (non-hydrogen) atoms. The number of H-pyrrole nitrogens is 1. The predicted octanol–water partition coefficient (Wildman–Crippen LogP) is 4.63. The van der Waals surface area contributed by atoms with E-state index in [0.717, 1.165) is 65.6 Å². The number of hydrogen-bond acceptors (Lipinski definition) is 6. The van der Waals surface area contributed by atoms with Gasteiger partial charge in [-0.1, -0.05) is 12.1 Å². The Morgan fingerprint density at radius 1 is 1.03 bits per heavy atom. The monoisotopic (exact) mass is 451 g/mol. The van der Waals surface area contributed by atoms with Crippen LogP contribution in [0.5, 0.6) is 0 Å². The van der Waals surface area contributed by atoms with Crippen LogP contribution in [0.3, 0.4) is 0 Å². The minimum absolute atomic E-state index is 0.463. The summed E-state index contributed by atoms with van der Waals surface area (Å²) < 4.78 is 7.55. The third-order valence-corrected chi connectivity index (χ3v) is 7.21. The Kier molecular flexibility index (Phi) is 4.35. The van der Waals surface area contributed by atoms with Gasteiger partial charge in [-0.05, 0) is 43.2 Å². The molecule has 0 atom stereocenters. The molecule has 3 aromatic heterocycles. The Balaban J connectivity index is 1.15. The third-order valence-electron chi connectivity index (χ3n) is 7.21. The van der Waals surface area contributed by atoms with E-state index in [0.29, 0.717) is 5.41 Å². The van der Waals surface area contributed by atoms with E-state index >= 15 is 0 Å². The molecule has 0 saturated carbocycles. The molecule has 0 bridgehead atoms. The van der Waals surface area contributed by atoms with E-state index in [1.807, 2.05) is 23.0 Å². The van der Waals surface area contributed by atoms with E-state index in [2.05, 4.69) is 67.9 Å². The molecule has 0 radical (unpaired) electrons. The van der Waals surface area contributed by atoms with Crippen LogP contribution in [-0.2, 0) is 4.74 Å². The third kappa shape index (κ3) is 3.30. The number of aromatic amines is 1. The summed E-state index contributed by atoms with van der Waals surface area (Å²) in [5.74, 6) is 0.727. The average molecular weight is 452 g/mol. The Hall–Kier alpha value is -3.91. The maximum atomic E-state index is 5.55. The van der Waals surface area contributed by atoms with Crippen LogP contribution in [0.25, 0.3) is 27.8 Å². The van der Waals surface area contributed by atoms with Gasteiger partial charge in [0.15, 0.2) is 11.5 Å². The normalized spacial score (nSPS) is 17.4. The lowest BCUT2D eigenvalue weighted by Gasteiger charge is -2.53. The molecule has 2 aromatic carbocycles. The van der Waals surface area contributed by atoms with Crippen molar-refractivity contribution in [3.8, 4) is 11.3 Å². The Labute approximate surface area is 196 Å². The van der Waals surface area contributed by atoms with Crippen molar-refractivity contribution < 1.29 is 4.74 Å². The van der Waals surface area contributed by atoms with Crippen LogP contribution >= 0.6 is 0 Å². The maximum absolute atomic E-state index is 5.55. The van der Waals surface area contributed by atoms with Gasteiger partial charge in [0.05, 0.1) is 17.4 Å². The van der Waals surface area contributed by atoms with Crippen molar-refractivity contribution in [2.45, 2.75) is 12.8 Å². The number of nitrogens with zero attached hydrogens (tertiary/aromatic N) is 5. The predicted molar refractivity (Wildman–Crippen MR) is 132 cm³/mol. The maximum Gasteiger partial charge on any atom is 0.180 e. The quantitative estimate of drug-likeness (QED) is 0.414. The molecule has 1 spiro atoms. The second kappa shape index (κ2) is 7.56. The minimum atomic E-state index is 0.463. The number of fused-ring (bicyclic) bond motifs is 2. The summed E-state index contributed by atoms with van der Waals surface area (Å²) in [6.45, 7) is 4.06. The van der Waals surface area contributed by atoms with Gasteiger partial charge in [-0.2, -0.15) is 5.10 Å². The number of benzene rings is 2. The summed E-state index contributed by atoms with van der Waals surface area (Å²) in [6, 6.07) is 14.8. The van der Waals surface area contributed by atoms with Gasteiger partial charge in [-0.15, -0.1) is 0 Å². The van der Waals surface area contributed by atoms with E-state index in [4.69, 9.17) is 9.72 Å². The summed E-state index contributed by atoms with van der Waals surface area (Å²) >= 11 is 0. The van der Waals surface area contributed by atoms with Crippen molar-refractivity contribution >= 4 is 33.7 Å². The molecule has 2 aliphatic heterocycles. The van der Waals surface area contributed by atoms with Crippen LogP contribution in [0.1, 0.15) is 12.8 Å². The van der Waals surface area contributed by atoms with Crippen LogP contribution in [0.2, 0.25) is 0 Å². The summed E-state index contributed by atoms with van der Waals surface area (Å²) in [7, 11) is 0. The molecule has 170 valence electrons. The molecule has 0 aliphatic carbocycles. The SMILES string of the molecule is c1cn2cc(-c3ccc4cn[nH]c4c3)nc(Nc3ccc(N4CC5(CCOCC5)C4)cc3)c2n1. The highest BCUT2D eigenvalue weighted by atomic mass is 16.5. The highest BCUT2D eigenvalue weighted by Crippen LogP contribution is 2.42. The van der Waals surface area contributed by atoms with Gasteiger partial charge in [0.1, 0.15) is 0 Å². The highest BCUT2D eigenvalue weighted by Gasteiger charge is 2.43. The van der Waals surface area contributed by atoms with Crippen molar-refractivity contribution in [2.75, 3.05) is 36.5 Å². The lowest BCUT2D eigenvalue weighted by Crippen LogP contribution is -2.58. The molecule has 5 heterocycles. The summed E-state index contributed by atoms with van der Waals surface area (Å²) in [6.07, 6.45) is 9.93. The Bertz CT molecular complexity index is 1470.